The van der Waals surface area contributed by atoms with Crippen molar-refractivity contribution in [2.24, 2.45) is 0 Å². The van der Waals surface area contributed by atoms with E-state index in [0.29, 0.717) is 44.4 Å². The SMILES string of the molecule is CC(COCC1CO1)OCC1CO1.Oc1cccc(OCC2CO2)c1. The Morgan fingerprint density at radius 3 is 2.32 bits per heavy atom. The number of phenolic OH excluding ortho intramolecular Hbond substituents is 1. The van der Waals surface area contributed by atoms with E-state index in [1.807, 2.05) is 13.0 Å². The van der Waals surface area contributed by atoms with Crippen LogP contribution in [0, 0.1) is 0 Å². The first-order valence-corrected chi connectivity index (χ1v) is 8.65. The van der Waals surface area contributed by atoms with Crippen LogP contribution in [0.5, 0.6) is 11.5 Å². The minimum Gasteiger partial charge on any atom is -0.508 e. The Hall–Kier alpha value is -1.38. The molecule has 0 aliphatic carbocycles. The molecule has 0 aromatic heterocycles. The third-order valence-corrected chi connectivity index (χ3v) is 3.68. The maximum atomic E-state index is 9.08. The summed E-state index contributed by atoms with van der Waals surface area (Å²) in [6.07, 6.45) is 1.10. The second kappa shape index (κ2) is 9.35. The van der Waals surface area contributed by atoms with Crippen molar-refractivity contribution in [3.05, 3.63) is 24.3 Å². The number of phenols is 1. The fourth-order valence-electron chi connectivity index (χ4n) is 1.94. The van der Waals surface area contributed by atoms with Crippen molar-refractivity contribution in [2.75, 3.05) is 46.2 Å². The molecule has 3 aliphatic heterocycles. The van der Waals surface area contributed by atoms with Crippen LogP contribution in [-0.2, 0) is 23.7 Å². The van der Waals surface area contributed by atoms with Gasteiger partial charge in [-0.3, -0.25) is 0 Å². The molecule has 4 unspecified atom stereocenters. The molecule has 1 N–H and O–H groups in total. The summed E-state index contributed by atoms with van der Waals surface area (Å²) in [5.74, 6) is 0.912. The number of aromatic hydroxyl groups is 1. The lowest BCUT2D eigenvalue weighted by molar-refractivity contribution is -0.0146. The number of hydrogen-bond donors (Lipinski definition) is 1. The Labute approximate surface area is 147 Å². The molecule has 0 radical (unpaired) electrons. The molecular weight excluding hydrogens is 328 g/mol. The summed E-state index contributed by atoms with van der Waals surface area (Å²) >= 11 is 0. The maximum absolute atomic E-state index is 9.08. The zero-order valence-electron chi connectivity index (χ0n) is 14.5. The standard InChI is InChI=1S/C9H16O4.C9H10O3/c1-7(11-4-9-6-13-9)2-10-3-8-5-12-8;10-7-2-1-3-8(4-7)11-5-9-6-12-9/h7-9H,2-6H2,1H3;1-4,9-10H,5-6H2. The van der Waals surface area contributed by atoms with Crippen LogP contribution < -0.4 is 4.74 Å². The first-order chi connectivity index (χ1) is 12.2. The van der Waals surface area contributed by atoms with Gasteiger partial charge >= 0.3 is 0 Å². The van der Waals surface area contributed by atoms with Crippen molar-refractivity contribution in [2.45, 2.75) is 31.3 Å². The molecule has 7 heteroatoms. The molecule has 1 aromatic carbocycles. The van der Waals surface area contributed by atoms with Crippen molar-refractivity contribution >= 4 is 0 Å². The number of epoxide rings is 3. The molecule has 1 aromatic rings. The van der Waals surface area contributed by atoms with Gasteiger partial charge < -0.3 is 33.5 Å². The Bertz CT molecular complexity index is 512. The Morgan fingerprint density at radius 2 is 1.68 bits per heavy atom. The van der Waals surface area contributed by atoms with Crippen LogP contribution in [0.15, 0.2) is 24.3 Å². The molecule has 4 rings (SSSR count). The highest BCUT2D eigenvalue weighted by Crippen LogP contribution is 2.19. The van der Waals surface area contributed by atoms with E-state index in [1.165, 1.54) is 0 Å². The molecular formula is C18H26O7. The highest BCUT2D eigenvalue weighted by molar-refractivity contribution is 5.31. The van der Waals surface area contributed by atoms with Gasteiger partial charge in [0.05, 0.1) is 45.7 Å². The highest BCUT2D eigenvalue weighted by Gasteiger charge is 2.25. The van der Waals surface area contributed by atoms with Crippen LogP contribution in [0.1, 0.15) is 6.92 Å². The van der Waals surface area contributed by atoms with Gasteiger partial charge in [0.25, 0.3) is 0 Å². The van der Waals surface area contributed by atoms with Crippen LogP contribution in [0.4, 0.5) is 0 Å². The monoisotopic (exact) mass is 354 g/mol. The molecule has 0 spiro atoms. The predicted molar refractivity (Wildman–Crippen MR) is 89.1 cm³/mol. The van der Waals surface area contributed by atoms with Crippen molar-refractivity contribution < 1.29 is 33.5 Å². The lowest BCUT2D eigenvalue weighted by atomic mass is 10.3. The number of ether oxygens (including phenoxy) is 6. The summed E-state index contributed by atoms with van der Waals surface area (Å²) in [6.45, 7) is 7.12. The quantitative estimate of drug-likeness (QED) is 0.635. The lowest BCUT2D eigenvalue weighted by Gasteiger charge is -2.11. The summed E-state index contributed by atoms with van der Waals surface area (Å²) in [5, 5.41) is 9.08. The molecule has 3 fully saturated rings. The highest BCUT2D eigenvalue weighted by atomic mass is 16.6. The van der Waals surface area contributed by atoms with E-state index in [1.54, 1.807) is 18.2 Å². The van der Waals surface area contributed by atoms with Crippen LogP contribution in [0.3, 0.4) is 0 Å². The average molecular weight is 354 g/mol. The molecule has 3 saturated heterocycles. The van der Waals surface area contributed by atoms with E-state index in [4.69, 9.17) is 33.5 Å². The molecule has 3 heterocycles. The zero-order chi connectivity index (χ0) is 17.5. The van der Waals surface area contributed by atoms with E-state index in [0.717, 1.165) is 19.8 Å². The minimum absolute atomic E-state index is 0.156. The van der Waals surface area contributed by atoms with Crippen LogP contribution in [0.25, 0.3) is 0 Å². The maximum Gasteiger partial charge on any atom is 0.123 e. The normalized spacial score (nSPS) is 27.0. The fourth-order valence-corrected chi connectivity index (χ4v) is 1.94. The van der Waals surface area contributed by atoms with Gasteiger partial charge in [-0.2, -0.15) is 0 Å². The van der Waals surface area contributed by atoms with Gasteiger partial charge in [-0.15, -0.1) is 0 Å². The van der Waals surface area contributed by atoms with E-state index in [2.05, 4.69) is 0 Å². The van der Waals surface area contributed by atoms with Gasteiger partial charge in [0, 0.05) is 6.07 Å². The van der Waals surface area contributed by atoms with Crippen LogP contribution >= 0.6 is 0 Å². The number of hydrogen-bond acceptors (Lipinski definition) is 7. The molecule has 140 valence electrons. The molecule has 4 atom stereocenters. The molecule has 3 aliphatic rings. The van der Waals surface area contributed by atoms with Crippen LogP contribution in [-0.4, -0.2) is 75.8 Å². The van der Waals surface area contributed by atoms with E-state index >= 15 is 0 Å². The third-order valence-electron chi connectivity index (χ3n) is 3.68. The second-order valence-electron chi connectivity index (χ2n) is 6.36. The van der Waals surface area contributed by atoms with E-state index in [9.17, 15) is 0 Å². The van der Waals surface area contributed by atoms with Crippen molar-refractivity contribution in [3.8, 4) is 11.5 Å². The number of rotatable bonds is 10. The molecule has 25 heavy (non-hydrogen) atoms. The van der Waals surface area contributed by atoms with E-state index in [-0.39, 0.29) is 18.0 Å². The topological polar surface area (TPSA) is 85.5 Å². The fraction of sp³-hybridized carbons (Fsp3) is 0.667. The first kappa shape index (κ1) is 18.4. The van der Waals surface area contributed by atoms with Crippen molar-refractivity contribution in [1.82, 2.24) is 0 Å². The first-order valence-electron chi connectivity index (χ1n) is 8.65. The average Bonchev–Trinajstić information content (AvgIpc) is 3.47. The molecule has 0 amide bonds. The Balaban J connectivity index is 0.000000146. The largest absolute Gasteiger partial charge is 0.508 e. The number of benzene rings is 1. The smallest absolute Gasteiger partial charge is 0.123 e. The van der Waals surface area contributed by atoms with Gasteiger partial charge in [0.15, 0.2) is 0 Å². The van der Waals surface area contributed by atoms with Crippen molar-refractivity contribution in [1.29, 1.82) is 0 Å². The Morgan fingerprint density at radius 1 is 1.04 bits per heavy atom. The van der Waals surface area contributed by atoms with Gasteiger partial charge in [-0.05, 0) is 19.1 Å². The zero-order valence-corrected chi connectivity index (χ0v) is 14.5. The van der Waals surface area contributed by atoms with Gasteiger partial charge in [0.1, 0.15) is 36.4 Å². The molecule has 7 nitrogen and oxygen atoms in total. The predicted octanol–water partition coefficient (Wildman–Crippen LogP) is 1.38. The van der Waals surface area contributed by atoms with E-state index < -0.39 is 0 Å². The lowest BCUT2D eigenvalue weighted by Crippen LogP contribution is -2.19. The summed E-state index contributed by atoms with van der Waals surface area (Å²) < 4.78 is 31.2. The second-order valence-corrected chi connectivity index (χ2v) is 6.36. The minimum atomic E-state index is 0.156. The van der Waals surface area contributed by atoms with Gasteiger partial charge in [-0.1, -0.05) is 6.07 Å². The van der Waals surface area contributed by atoms with Crippen LogP contribution in [0.2, 0.25) is 0 Å². The summed E-state index contributed by atoms with van der Waals surface area (Å²) in [4.78, 5) is 0. The van der Waals surface area contributed by atoms with Crippen molar-refractivity contribution in [3.63, 3.8) is 0 Å². The summed E-state index contributed by atoms with van der Waals surface area (Å²) in [5.41, 5.74) is 0. The summed E-state index contributed by atoms with van der Waals surface area (Å²) in [6, 6.07) is 6.75. The van der Waals surface area contributed by atoms with Gasteiger partial charge in [-0.25, -0.2) is 0 Å². The Kier molecular flexibility index (Phi) is 6.89. The van der Waals surface area contributed by atoms with Gasteiger partial charge in [0.2, 0.25) is 0 Å². The third kappa shape index (κ3) is 8.51. The summed E-state index contributed by atoms with van der Waals surface area (Å²) in [7, 11) is 0. The molecule has 0 bridgehead atoms. The molecule has 0 saturated carbocycles.